The van der Waals surface area contributed by atoms with Crippen LogP contribution in [0.2, 0.25) is 0 Å². The molecule has 3 saturated carbocycles. The molecule has 0 radical (unpaired) electrons. The lowest BCUT2D eigenvalue weighted by Gasteiger charge is -2.60. The highest BCUT2D eigenvalue weighted by atomic mass is 32.1. The van der Waals surface area contributed by atoms with E-state index in [0.717, 1.165) is 47.5 Å². The van der Waals surface area contributed by atoms with E-state index in [-0.39, 0.29) is 29.0 Å². The van der Waals surface area contributed by atoms with Crippen LogP contribution in [0.4, 0.5) is 9.52 Å². The van der Waals surface area contributed by atoms with Crippen molar-refractivity contribution in [3.8, 4) is 5.69 Å². The van der Waals surface area contributed by atoms with Crippen molar-refractivity contribution >= 4 is 38.8 Å². The normalized spacial score (nSPS) is 34.6. The number of hydrogen-bond acceptors (Lipinski definition) is 7. The highest BCUT2D eigenvalue weighted by Gasteiger charge is 2.68. The zero-order valence-corrected chi connectivity index (χ0v) is 24.9. The summed E-state index contributed by atoms with van der Waals surface area (Å²) in [5, 5.41) is 32.0. The zero-order chi connectivity index (χ0) is 29.7. The van der Waals surface area contributed by atoms with Gasteiger partial charge in [0.1, 0.15) is 21.8 Å². The molecule has 3 heterocycles. The number of carbonyl (C=O) groups is 1. The number of hydrogen-bond donors (Lipinski definition) is 3. The summed E-state index contributed by atoms with van der Waals surface area (Å²) in [5.41, 5.74) is 2.33. The molecule has 3 aromatic heterocycles. The number of amides is 1. The van der Waals surface area contributed by atoms with Gasteiger partial charge in [-0.2, -0.15) is 5.10 Å². The number of aromatic nitrogens is 4. The molecule has 8 rings (SSSR count). The lowest BCUT2D eigenvalue weighted by Crippen LogP contribution is -2.62. The third-order valence-electron chi connectivity index (χ3n) is 11.4. The van der Waals surface area contributed by atoms with Gasteiger partial charge in [0, 0.05) is 11.6 Å². The summed E-state index contributed by atoms with van der Waals surface area (Å²) in [5.74, 6) is -0.430. The van der Waals surface area contributed by atoms with E-state index >= 15 is 0 Å². The molecule has 0 aliphatic heterocycles. The molecular weight excluding hydrogens is 565 g/mol. The summed E-state index contributed by atoms with van der Waals surface area (Å²) < 4.78 is 15.5. The van der Waals surface area contributed by atoms with E-state index in [2.05, 4.69) is 33.4 Å². The number of thiazole rings is 1. The van der Waals surface area contributed by atoms with Crippen LogP contribution in [-0.2, 0) is 11.2 Å². The Morgan fingerprint density at radius 2 is 2.00 bits per heavy atom. The Kier molecular flexibility index (Phi) is 5.84. The van der Waals surface area contributed by atoms with E-state index in [1.807, 2.05) is 23.9 Å². The third-order valence-corrected chi connectivity index (χ3v) is 12.3. The largest absolute Gasteiger partial charge is 0.393 e. The molecule has 7 atom stereocenters. The van der Waals surface area contributed by atoms with Gasteiger partial charge in [0.25, 0.3) is 5.91 Å². The predicted molar refractivity (Wildman–Crippen MR) is 162 cm³/mol. The number of aliphatic hydroxyl groups excluding tert-OH is 1. The Hall–Kier alpha value is -3.47. The highest BCUT2D eigenvalue weighted by Crippen LogP contribution is 2.67. The molecule has 8 nitrogen and oxygen atoms in total. The number of carbonyl (C=O) groups excluding carboxylic acids is 1. The molecule has 1 amide bonds. The Morgan fingerprint density at radius 3 is 2.79 bits per heavy atom. The Labute approximate surface area is 252 Å². The minimum absolute atomic E-state index is 0.00800. The Morgan fingerprint density at radius 1 is 1.19 bits per heavy atom. The van der Waals surface area contributed by atoms with E-state index in [1.54, 1.807) is 24.4 Å². The zero-order valence-electron chi connectivity index (χ0n) is 24.1. The van der Waals surface area contributed by atoms with Gasteiger partial charge < -0.3 is 10.2 Å². The number of nitrogens with zero attached hydrogens (tertiary/aromatic N) is 4. The first-order chi connectivity index (χ1) is 20.6. The van der Waals surface area contributed by atoms with Gasteiger partial charge in [0.05, 0.1) is 23.7 Å². The fourth-order valence-corrected chi connectivity index (χ4v) is 10.2. The third kappa shape index (κ3) is 3.79. The second-order valence-corrected chi connectivity index (χ2v) is 14.4. The van der Waals surface area contributed by atoms with Crippen molar-refractivity contribution in [3.63, 3.8) is 0 Å². The summed E-state index contributed by atoms with van der Waals surface area (Å²) in [6, 6.07) is 10.0. The fraction of sp³-hybridized carbons (Fsp3) is 0.455. The topological polar surface area (TPSA) is 113 Å². The van der Waals surface area contributed by atoms with E-state index in [4.69, 9.17) is 0 Å². The predicted octanol–water partition coefficient (Wildman–Crippen LogP) is 5.54. The maximum absolute atomic E-state index is 13.8. The van der Waals surface area contributed by atoms with E-state index < -0.39 is 23.0 Å². The van der Waals surface area contributed by atoms with Gasteiger partial charge in [-0.25, -0.2) is 19.0 Å². The van der Waals surface area contributed by atoms with Crippen molar-refractivity contribution in [1.29, 1.82) is 0 Å². The SMILES string of the molecule is CC12Cc3cnn(-c4ccc(F)cc4)c3C=C1CCC1C2C(O)CC2(C)C1CC[C@]2(O)C(=O)Nc1nc2cccnc2s1. The summed E-state index contributed by atoms with van der Waals surface area (Å²) in [6.07, 6.45) is 9.14. The van der Waals surface area contributed by atoms with Gasteiger partial charge in [0.15, 0.2) is 5.13 Å². The number of aliphatic hydroxyl groups is 2. The molecule has 3 N–H and O–H groups in total. The highest BCUT2D eigenvalue weighted by molar-refractivity contribution is 7.21. The van der Waals surface area contributed by atoms with Crippen LogP contribution in [0.15, 0.2) is 54.4 Å². The summed E-state index contributed by atoms with van der Waals surface area (Å²) >= 11 is 1.29. The lowest BCUT2D eigenvalue weighted by atomic mass is 9.45. The number of anilines is 1. The molecule has 0 bridgehead atoms. The van der Waals surface area contributed by atoms with Gasteiger partial charge in [0.2, 0.25) is 0 Å². The molecule has 0 spiro atoms. The molecule has 4 aliphatic rings. The minimum atomic E-state index is -1.61. The van der Waals surface area contributed by atoms with Gasteiger partial charge in [-0.1, -0.05) is 30.8 Å². The smallest absolute Gasteiger partial charge is 0.258 e. The minimum Gasteiger partial charge on any atom is -0.393 e. The van der Waals surface area contributed by atoms with Gasteiger partial charge in [-0.3, -0.25) is 10.1 Å². The van der Waals surface area contributed by atoms with Crippen molar-refractivity contribution < 1.29 is 19.4 Å². The number of fused-ring (bicyclic) bond motifs is 7. The standard InChI is InChI=1S/C33H34FN5O3S/c1-31-15-18-17-36-39(21-8-6-20(34)7-9-21)25(18)14-19(31)5-10-22-23-11-12-33(42,32(23,2)16-26(40)27(22)31)29(41)38-30-37-24-4-3-13-35-28(24)43-30/h3-4,6-9,13-14,17,22-23,26-27,40,42H,5,10-12,15-16H2,1-2H3,(H,37,38,41)/t22?,23?,26?,27?,31?,32?,33-/m0/s1. The molecule has 222 valence electrons. The summed E-state index contributed by atoms with van der Waals surface area (Å²) in [4.78, 5) is 23.3. The number of rotatable bonds is 3. The second-order valence-electron chi connectivity index (χ2n) is 13.4. The van der Waals surface area contributed by atoms with E-state index in [0.29, 0.717) is 23.5 Å². The van der Waals surface area contributed by atoms with E-state index in [1.165, 1.54) is 29.0 Å². The number of benzene rings is 1. The fourth-order valence-electron chi connectivity index (χ4n) is 9.37. The van der Waals surface area contributed by atoms with Crippen molar-refractivity contribution in [3.05, 3.63) is 71.4 Å². The van der Waals surface area contributed by atoms with Crippen LogP contribution in [0.5, 0.6) is 0 Å². The molecule has 43 heavy (non-hydrogen) atoms. The molecule has 0 saturated heterocycles. The van der Waals surface area contributed by atoms with Crippen LogP contribution in [-0.4, -0.2) is 47.6 Å². The van der Waals surface area contributed by atoms with Crippen molar-refractivity contribution in [2.75, 3.05) is 5.32 Å². The first-order valence-electron chi connectivity index (χ1n) is 15.1. The average Bonchev–Trinajstić information content (AvgIpc) is 3.65. The number of nitrogens with one attached hydrogen (secondary N) is 1. The molecule has 4 aliphatic carbocycles. The number of allylic oxidation sites excluding steroid dienone is 1. The number of halogens is 1. The van der Waals surface area contributed by atoms with E-state index in [9.17, 15) is 19.4 Å². The van der Waals surface area contributed by atoms with Crippen LogP contribution in [0.25, 0.3) is 22.1 Å². The van der Waals surface area contributed by atoms with Crippen molar-refractivity contribution in [2.24, 2.45) is 28.6 Å². The Balaban J connectivity index is 1.08. The van der Waals surface area contributed by atoms with Crippen LogP contribution < -0.4 is 5.32 Å². The quantitative estimate of drug-likeness (QED) is 0.285. The molecular formula is C33H34FN5O3S. The van der Waals surface area contributed by atoms with Gasteiger partial charge in [-0.15, -0.1) is 0 Å². The second kappa shape index (κ2) is 9.27. The molecule has 4 aromatic rings. The first kappa shape index (κ1) is 27.1. The number of pyridine rings is 1. The summed E-state index contributed by atoms with van der Waals surface area (Å²) in [7, 11) is 0. The summed E-state index contributed by atoms with van der Waals surface area (Å²) in [6.45, 7) is 4.28. The first-order valence-corrected chi connectivity index (χ1v) is 15.9. The van der Waals surface area contributed by atoms with Crippen LogP contribution in [0.3, 0.4) is 0 Å². The van der Waals surface area contributed by atoms with Crippen LogP contribution >= 0.6 is 11.3 Å². The van der Waals surface area contributed by atoms with Crippen LogP contribution in [0, 0.1) is 34.4 Å². The molecule has 6 unspecified atom stereocenters. The lowest BCUT2D eigenvalue weighted by molar-refractivity contribution is -0.177. The maximum atomic E-state index is 13.8. The van der Waals surface area contributed by atoms with Crippen molar-refractivity contribution in [2.45, 2.75) is 64.1 Å². The molecule has 10 heteroatoms. The monoisotopic (exact) mass is 599 g/mol. The molecule has 3 fully saturated rings. The maximum Gasteiger partial charge on any atom is 0.258 e. The van der Waals surface area contributed by atoms with Gasteiger partial charge >= 0.3 is 0 Å². The Bertz CT molecular complexity index is 1770. The van der Waals surface area contributed by atoms with Gasteiger partial charge in [-0.05, 0) is 110 Å². The average molecular weight is 600 g/mol. The molecule has 1 aromatic carbocycles. The van der Waals surface area contributed by atoms with Crippen LogP contribution in [0.1, 0.15) is 57.2 Å². The van der Waals surface area contributed by atoms with Crippen molar-refractivity contribution in [1.82, 2.24) is 19.7 Å².